The molecule has 1 N–H and O–H groups in total. The van der Waals surface area contributed by atoms with Crippen molar-refractivity contribution in [3.63, 3.8) is 0 Å². The maximum Gasteiger partial charge on any atom is 0.222 e. The highest BCUT2D eigenvalue weighted by atomic mass is 32.1. The van der Waals surface area contributed by atoms with Crippen LogP contribution in [0, 0.1) is 6.92 Å². The summed E-state index contributed by atoms with van der Waals surface area (Å²) in [7, 11) is 2.18. The van der Waals surface area contributed by atoms with E-state index in [9.17, 15) is 9.90 Å². The molecule has 1 aromatic heterocycles. The summed E-state index contributed by atoms with van der Waals surface area (Å²) in [6.07, 6.45) is 2.42. The molecular formula is C16H27N5O2S. The summed E-state index contributed by atoms with van der Waals surface area (Å²) in [6, 6.07) is 0. The van der Waals surface area contributed by atoms with Gasteiger partial charge in [0, 0.05) is 51.2 Å². The topological polar surface area (TPSA) is 72.8 Å². The van der Waals surface area contributed by atoms with Crippen LogP contribution in [0.1, 0.15) is 29.8 Å². The van der Waals surface area contributed by atoms with E-state index in [0.29, 0.717) is 13.0 Å². The van der Waals surface area contributed by atoms with E-state index in [2.05, 4.69) is 26.4 Å². The smallest absolute Gasteiger partial charge is 0.222 e. The molecule has 2 fully saturated rings. The molecule has 3 rings (SSSR count). The molecule has 24 heavy (non-hydrogen) atoms. The number of hydrogen-bond acceptors (Lipinski definition) is 7. The highest BCUT2D eigenvalue weighted by molar-refractivity contribution is 7.05. The second-order valence-corrected chi connectivity index (χ2v) is 7.83. The number of nitrogens with zero attached hydrogens (tertiary/aromatic N) is 5. The van der Waals surface area contributed by atoms with Crippen molar-refractivity contribution >= 4 is 17.4 Å². The van der Waals surface area contributed by atoms with Crippen LogP contribution in [0.3, 0.4) is 0 Å². The normalized spacial score (nSPS) is 27.0. The second-order valence-electron chi connectivity index (χ2n) is 6.99. The van der Waals surface area contributed by atoms with E-state index in [-0.39, 0.29) is 18.1 Å². The zero-order valence-electron chi connectivity index (χ0n) is 14.6. The van der Waals surface area contributed by atoms with E-state index in [1.807, 2.05) is 11.8 Å². The van der Waals surface area contributed by atoms with Gasteiger partial charge in [0.25, 0.3) is 0 Å². The van der Waals surface area contributed by atoms with Crippen molar-refractivity contribution < 1.29 is 9.90 Å². The third-order valence-electron chi connectivity index (χ3n) is 5.57. The number of carbonyl (C=O) groups excluding carboxylic acids is 1. The van der Waals surface area contributed by atoms with E-state index in [4.69, 9.17) is 0 Å². The Morgan fingerprint density at radius 1 is 1.29 bits per heavy atom. The lowest BCUT2D eigenvalue weighted by Gasteiger charge is -2.49. The molecule has 2 aliphatic heterocycles. The molecule has 7 nitrogen and oxygen atoms in total. The van der Waals surface area contributed by atoms with Crippen molar-refractivity contribution in [2.45, 2.75) is 38.3 Å². The second kappa shape index (κ2) is 7.43. The Labute approximate surface area is 147 Å². The highest BCUT2D eigenvalue weighted by Crippen LogP contribution is 2.33. The Balaban J connectivity index is 1.70. The monoisotopic (exact) mass is 353 g/mol. The van der Waals surface area contributed by atoms with E-state index >= 15 is 0 Å². The van der Waals surface area contributed by atoms with Gasteiger partial charge in [0.2, 0.25) is 5.91 Å². The molecule has 2 saturated heterocycles. The number of aliphatic hydroxyl groups excluding tert-OH is 1. The summed E-state index contributed by atoms with van der Waals surface area (Å²) < 4.78 is 4.04. The molecular weight excluding hydrogens is 326 g/mol. The van der Waals surface area contributed by atoms with Gasteiger partial charge in [-0.05, 0) is 38.3 Å². The van der Waals surface area contributed by atoms with Gasteiger partial charge in [-0.2, -0.15) is 0 Å². The maximum absolute atomic E-state index is 12.3. The molecule has 134 valence electrons. The van der Waals surface area contributed by atoms with Gasteiger partial charge in [-0.1, -0.05) is 4.49 Å². The summed E-state index contributed by atoms with van der Waals surface area (Å²) in [6.45, 7) is 7.16. The van der Waals surface area contributed by atoms with Crippen LogP contribution in [-0.2, 0) is 11.3 Å². The van der Waals surface area contributed by atoms with Gasteiger partial charge < -0.3 is 10.0 Å². The average molecular weight is 353 g/mol. The van der Waals surface area contributed by atoms with E-state index in [0.717, 1.165) is 51.3 Å². The average Bonchev–Trinajstić information content (AvgIpc) is 2.90. The molecule has 0 saturated carbocycles. The number of hydrogen-bond donors (Lipinski definition) is 1. The van der Waals surface area contributed by atoms with E-state index in [1.165, 1.54) is 16.4 Å². The number of aliphatic hydroxyl groups is 1. The molecule has 1 aromatic rings. The number of rotatable bonds is 4. The van der Waals surface area contributed by atoms with Crippen LogP contribution in [-0.4, -0.2) is 87.2 Å². The molecule has 1 atom stereocenters. The number of carbonyl (C=O) groups is 1. The molecule has 1 spiro atoms. The molecule has 3 heterocycles. The van der Waals surface area contributed by atoms with Gasteiger partial charge in [-0.15, -0.1) is 5.10 Å². The molecule has 0 aliphatic carbocycles. The van der Waals surface area contributed by atoms with Gasteiger partial charge in [0.1, 0.15) is 0 Å². The molecule has 2 aliphatic rings. The highest BCUT2D eigenvalue weighted by Gasteiger charge is 2.42. The molecule has 0 aromatic carbocycles. The van der Waals surface area contributed by atoms with Crippen LogP contribution in [0.2, 0.25) is 0 Å². The van der Waals surface area contributed by atoms with Gasteiger partial charge in [-0.3, -0.25) is 14.6 Å². The Bertz CT molecular complexity index is 581. The van der Waals surface area contributed by atoms with E-state index in [1.54, 1.807) is 0 Å². The summed E-state index contributed by atoms with van der Waals surface area (Å²) in [5, 5.41) is 13.3. The summed E-state index contributed by atoms with van der Waals surface area (Å²) in [5.74, 6) is 0.175. The number of β-amino-alcohol motifs (C(OH)–C–C–N with tert-alkyl or cyclic N) is 1. The van der Waals surface area contributed by atoms with Crippen LogP contribution in [0.25, 0.3) is 0 Å². The van der Waals surface area contributed by atoms with Gasteiger partial charge >= 0.3 is 0 Å². The predicted molar refractivity (Wildman–Crippen MR) is 92.8 cm³/mol. The van der Waals surface area contributed by atoms with Crippen molar-refractivity contribution in [2.24, 2.45) is 0 Å². The van der Waals surface area contributed by atoms with Crippen LogP contribution in [0.4, 0.5) is 0 Å². The minimum Gasteiger partial charge on any atom is -0.395 e. The number of piperazine rings is 1. The Morgan fingerprint density at radius 2 is 2.12 bits per heavy atom. The van der Waals surface area contributed by atoms with Gasteiger partial charge in [0.05, 0.1) is 17.2 Å². The summed E-state index contributed by atoms with van der Waals surface area (Å²) in [5.41, 5.74) is 1.07. The van der Waals surface area contributed by atoms with E-state index < -0.39 is 0 Å². The third kappa shape index (κ3) is 3.61. The van der Waals surface area contributed by atoms with Crippen molar-refractivity contribution in [3.8, 4) is 0 Å². The van der Waals surface area contributed by atoms with Crippen LogP contribution in [0.15, 0.2) is 0 Å². The SMILES string of the molecule is Cc1nnsc1CN1CCN(C)[C@]2(CCC(=O)N(CCO)CC2)C1. The third-order valence-corrected chi connectivity index (χ3v) is 6.37. The van der Waals surface area contributed by atoms with Crippen LogP contribution >= 0.6 is 11.5 Å². The fourth-order valence-corrected chi connectivity index (χ4v) is 4.54. The molecule has 8 heteroatoms. The number of amides is 1. The maximum atomic E-state index is 12.3. The van der Waals surface area contributed by atoms with Crippen LogP contribution < -0.4 is 0 Å². The zero-order chi connectivity index (χ0) is 17.2. The zero-order valence-corrected chi connectivity index (χ0v) is 15.4. The lowest BCUT2D eigenvalue weighted by atomic mass is 9.86. The number of likely N-dealkylation sites (N-methyl/N-ethyl adjacent to an activating group) is 1. The number of aryl methyl sites for hydroxylation is 1. The Kier molecular flexibility index (Phi) is 5.49. The standard InChI is InChI=1S/C16H27N5O2S/c1-13-14(24-18-17-13)11-20-8-7-19(2)16(12-20)4-3-15(23)21(6-5-16)9-10-22/h22H,3-12H2,1-2H3/t16-/m0/s1. The van der Waals surface area contributed by atoms with Crippen molar-refractivity contribution in [1.82, 2.24) is 24.3 Å². The lowest BCUT2D eigenvalue weighted by Crippen LogP contribution is -2.60. The fraction of sp³-hybridized carbons (Fsp3) is 0.812. The van der Waals surface area contributed by atoms with Gasteiger partial charge in [0.15, 0.2) is 0 Å². The first kappa shape index (κ1) is 17.7. The summed E-state index contributed by atoms with van der Waals surface area (Å²) >= 11 is 1.48. The first-order valence-electron chi connectivity index (χ1n) is 8.64. The number of aromatic nitrogens is 2. The molecule has 0 radical (unpaired) electrons. The quantitative estimate of drug-likeness (QED) is 0.841. The number of likely N-dealkylation sites (tertiary alicyclic amines) is 1. The first-order valence-corrected chi connectivity index (χ1v) is 9.41. The van der Waals surface area contributed by atoms with Gasteiger partial charge in [-0.25, -0.2) is 0 Å². The largest absolute Gasteiger partial charge is 0.395 e. The Morgan fingerprint density at radius 3 is 2.83 bits per heavy atom. The minimum absolute atomic E-state index is 0.0400. The van der Waals surface area contributed by atoms with Crippen molar-refractivity contribution in [1.29, 1.82) is 0 Å². The molecule has 1 amide bonds. The van der Waals surface area contributed by atoms with Crippen LogP contribution in [0.5, 0.6) is 0 Å². The predicted octanol–water partition coefficient (Wildman–Crippen LogP) is 0.338. The minimum atomic E-state index is 0.0400. The first-order chi connectivity index (χ1) is 11.5. The van der Waals surface area contributed by atoms with Crippen molar-refractivity contribution in [2.75, 3.05) is 46.4 Å². The lowest BCUT2D eigenvalue weighted by molar-refractivity contribution is -0.131. The molecule has 0 bridgehead atoms. The summed E-state index contributed by atoms with van der Waals surface area (Å²) in [4.78, 5) is 20.3. The molecule has 0 unspecified atom stereocenters. The Hall–Kier alpha value is -1.09. The fourth-order valence-electron chi connectivity index (χ4n) is 3.87. The van der Waals surface area contributed by atoms with Crippen molar-refractivity contribution in [3.05, 3.63) is 10.6 Å².